The second-order valence-electron chi connectivity index (χ2n) is 3.82. The minimum atomic E-state index is -3.57. The van der Waals surface area contributed by atoms with Crippen molar-refractivity contribution in [3.05, 3.63) is 0 Å². The quantitative estimate of drug-likeness (QED) is 0.483. The van der Waals surface area contributed by atoms with Crippen LogP contribution in [0.15, 0.2) is 0 Å². The Morgan fingerprint density at radius 1 is 1.00 bits per heavy atom. The summed E-state index contributed by atoms with van der Waals surface area (Å²) in [7, 11) is 0. The lowest BCUT2D eigenvalue weighted by Gasteiger charge is -2.18. The van der Waals surface area contributed by atoms with Crippen LogP contribution in [0.5, 0.6) is 0 Å². The first-order valence-electron chi connectivity index (χ1n) is 5.59. The van der Waals surface area contributed by atoms with E-state index in [1.54, 1.807) is 0 Å². The molecule has 0 radical (unpaired) electrons. The number of hydrogen-bond donors (Lipinski definition) is 1. The SMILES string of the molecule is O=S([O-])C(F)(F)CCCCCCCCCO. The van der Waals surface area contributed by atoms with Crippen molar-refractivity contribution in [2.24, 2.45) is 0 Å². The Morgan fingerprint density at radius 2 is 1.44 bits per heavy atom. The maximum absolute atomic E-state index is 12.6. The van der Waals surface area contributed by atoms with Crippen molar-refractivity contribution in [2.75, 3.05) is 6.61 Å². The molecule has 6 heteroatoms. The standard InChI is InChI=1S/C10H20F2O3S/c11-10(12,16(14)15)8-6-4-2-1-3-5-7-9-13/h13H,1-9H2,(H,14,15)/p-1. The van der Waals surface area contributed by atoms with Crippen molar-refractivity contribution in [1.82, 2.24) is 0 Å². The summed E-state index contributed by atoms with van der Waals surface area (Å²) in [5, 5.41) is 4.93. The average Bonchev–Trinajstić information content (AvgIpc) is 2.21. The van der Waals surface area contributed by atoms with E-state index in [9.17, 15) is 17.5 Å². The summed E-state index contributed by atoms with van der Waals surface area (Å²) in [4.78, 5) is 0. The Bertz CT molecular complexity index is 201. The van der Waals surface area contributed by atoms with E-state index in [2.05, 4.69) is 0 Å². The Balaban J connectivity index is 3.30. The van der Waals surface area contributed by atoms with Gasteiger partial charge in [-0.3, -0.25) is 4.21 Å². The van der Waals surface area contributed by atoms with Crippen LogP contribution in [0.4, 0.5) is 8.78 Å². The van der Waals surface area contributed by atoms with Crippen LogP contribution in [0.2, 0.25) is 0 Å². The molecule has 0 fully saturated rings. The fourth-order valence-electron chi connectivity index (χ4n) is 1.41. The van der Waals surface area contributed by atoms with Crippen molar-refractivity contribution in [3.8, 4) is 0 Å². The molecule has 0 aliphatic carbocycles. The second-order valence-corrected chi connectivity index (χ2v) is 4.89. The van der Waals surface area contributed by atoms with Gasteiger partial charge in [0, 0.05) is 24.1 Å². The number of aliphatic hydroxyl groups is 1. The molecule has 0 saturated heterocycles. The molecule has 0 aliphatic heterocycles. The third-order valence-corrected chi connectivity index (χ3v) is 3.06. The number of aliphatic hydroxyl groups excluding tert-OH is 1. The van der Waals surface area contributed by atoms with Crippen molar-refractivity contribution in [2.45, 2.75) is 56.6 Å². The van der Waals surface area contributed by atoms with Crippen LogP contribution in [0, 0.1) is 0 Å². The summed E-state index contributed by atoms with van der Waals surface area (Å²) in [6.45, 7) is 0.196. The normalized spacial score (nSPS) is 14.0. The van der Waals surface area contributed by atoms with E-state index in [-0.39, 0.29) is 13.0 Å². The highest BCUT2D eigenvalue weighted by Gasteiger charge is 2.29. The van der Waals surface area contributed by atoms with Gasteiger partial charge in [-0.2, -0.15) is 8.78 Å². The van der Waals surface area contributed by atoms with E-state index in [1.807, 2.05) is 0 Å². The maximum Gasteiger partial charge on any atom is 0.309 e. The highest BCUT2D eigenvalue weighted by atomic mass is 32.2. The molecule has 0 spiro atoms. The zero-order valence-electron chi connectivity index (χ0n) is 9.29. The van der Waals surface area contributed by atoms with Crippen LogP contribution in [0.25, 0.3) is 0 Å². The maximum atomic E-state index is 12.6. The van der Waals surface area contributed by atoms with Gasteiger partial charge in [0.2, 0.25) is 0 Å². The lowest BCUT2D eigenvalue weighted by atomic mass is 10.1. The molecule has 0 aromatic heterocycles. The lowest BCUT2D eigenvalue weighted by Crippen LogP contribution is -2.22. The molecule has 0 aliphatic rings. The molecule has 0 bridgehead atoms. The molecule has 1 unspecified atom stereocenters. The van der Waals surface area contributed by atoms with Gasteiger partial charge in [0.15, 0.2) is 0 Å². The van der Waals surface area contributed by atoms with E-state index in [4.69, 9.17) is 5.11 Å². The van der Waals surface area contributed by atoms with Crippen LogP contribution in [0.3, 0.4) is 0 Å². The Labute approximate surface area is 97.5 Å². The largest absolute Gasteiger partial charge is 0.768 e. The summed E-state index contributed by atoms with van der Waals surface area (Å²) in [5.41, 5.74) is 0. The highest BCUT2D eigenvalue weighted by molar-refractivity contribution is 7.80. The van der Waals surface area contributed by atoms with Crippen LogP contribution in [-0.4, -0.2) is 25.7 Å². The van der Waals surface area contributed by atoms with Gasteiger partial charge in [0.05, 0.1) is 0 Å². The molecule has 0 aromatic carbocycles. The second kappa shape index (κ2) is 9.01. The molecular weight excluding hydrogens is 238 g/mol. The smallest absolute Gasteiger partial charge is 0.309 e. The van der Waals surface area contributed by atoms with E-state index in [0.29, 0.717) is 6.42 Å². The van der Waals surface area contributed by atoms with Gasteiger partial charge in [0.1, 0.15) is 0 Å². The van der Waals surface area contributed by atoms with Gasteiger partial charge in [-0.1, -0.05) is 32.1 Å². The van der Waals surface area contributed by atoms with E-state index in [0.717, 1.165) is 32.1 Å². The molecule has 0 aromatic rings. The van der Waals surface area contributed by atoms with Crippen LogP contribution < -0.4 is 0 Å². The summed E-state index contributed by atoms with van der Waals surface area (Å²) in [5.74, 6) is 0. The first kappa shape index (κ1) is 15.9. The summed E-state index contributed by atoms with van der Waals surface area (Å²) in [6, 6.07) is 0. The predicted molar refractivity (Wildman–Crippen MR) is 57.9 cm³/mol. The topological polar surface area (TPSA) is 60.4 Å². The predicted octanol–water partition coefficient (Wildman–Crippen LogP) is 2.57. The Morgan fingerprint density at radius 3 is 1.88 bits per heavy atom. The first-order chi connectivity index (χ1) is 7.50. The fraction of sp³-hybridized carbons (Fsp3) is 1.00. The van der Waals surface area contributed by atoms with Gasteiger partial charge in [-0.15, -0.1) is 0 Å². The molecule has 3 nitrogen and oxygen atoms in total. The highest BCUT2D eigenvalue weighted by Crippen LogP contribution is 2.24. The van der Waals surface area contributed by atoms with Gasteiger partial charge < -0.3 is 9.66 Å². The van der Waals surface area contributed by atoms with Gasteiger partial charge in [-0.05, 0) is 12.8 Å². The summed E-state index contributed by atoms with van der Waals surface area (Å²) >= 11 is -3.30. The van der Waals surface area contributed by atoms with E-state index in [1.165, 1.54) is 0 Å². The monoisotopic (exact) mass is 257 g/mol. The third kappa shape index (κ3) is 8.13. The Hall–Kier alpha value is -0.0700. The molecule has 1 atom stereocenters. The summed E-state index contributed by atoms with van der Waals surface area (Å²) < 4.78 is 45.3. The van der Waals surface area contributed by atoms with Crippen LogP contribution in [0.1, 0.15) is 51.4 Å². The minimum absolute atomic E-state index is 0.196. The number of hydrogen-bond acceptors (Lipinski definition) is 3. The molecule has 0 rings (SSSR count). The minimum Gasteiger partial charge on any atom is -0.768 e. The van der Waals surface area contributed by atoms with Gasteiger partial charge in [-0.25, -0.2) is 0 Å². The van der Waals surface area contributed by atoms with Gasteiger partial charge in [0.25, 0.3) is 0 Å². The van der Waals surface area contributed by atoms with E-state index >= 15 is 0 Å². The molecule has 16 heavy (non-hydrogen) atoms. The lowest BCUT2D eigenvalue weighted by molar-refractivity contribution is 0.0761. The van der Waals surface area contributed by atoms with Crippen molar-refractivity contribution in [3.63, 3.8) is 0 Å². The summed E-state index contributed by atoms with van der Waals surface area (Å²) in [6.07, 6.45) is 4.81. The molecule has 0 saturated carbocycles. The molecule has 0 amide bonds. The number of halogens is 2. The molecule has 0 heterocycles. The zero-order chi connectivity index (χ0) is 12.4. The van der Waals surface area contributed by atoms with Crippen molar-refractivity contribution < 1.29 is 22.6 Å². The molecule has 98 valence electrons. The fourth-order valence-corrected chi connectivity index (χ4v) is 1.72. The molecular formula is C10H19F2O3S-. The van der Waals surface area contributed by atoms with E-state index < -0.39 is 22.8 Å². The van der Waals surface area contributed by atoms with Crippen LogP contribution >= 0.6 is 0 Å². The van der Waals surface area contributed by atoms with Crippen molar-refractivity contribution in [1.29, 1.82) is 0 Å². The Kier molecular flexibility index (Phi) is 8.97. The van der Waals surface area contributed by atoms with Gasteiger partial charge >= 0.3 is 5.25 Å². The number of rotatable bonds is 10. The molecule has 1 N–H and O–H groups in total. The third-order valence-electron chi connectivity index (χ3n) is 2.37. The number of alkyl halides is 2. The van der Waals surface area contributed by atoms with Crippen molar-refractivity contribution >= 4 is 11.1 Å². The number of unbranched alkanes of at least 4 members (excludes halogenated alkanes) is 6. The zero-order valence-corrected chi connectivity index (χ0v) is 10.1. The van der Waals surface area contributed by atoms with Crippen LogP contribution in [-0.2, 0) is 11.1 Å². The average molecular weight is 257 g/mol. The first-order valence-corrected chi connectivity index (χ1v) is 6.66.